The van der Waals surface area contributed by atoms with Gasteiger partial charge in [0, 0.05) is 17.5 Å². The first-order valence-electron chi connectivity index (χ1n) is 7.15. The van der Waals surface area contributed by atoms with Crippen molar-refractivity contribution in [1.82, 2.24) is 0 Å². The predicted octanol–water partition coefficient (Wildman–Crippen LogP) is -2.15. The number of hydrogen-bond acceptors (Lipinski definition) is 9. The van der Waals surface area contributed by atoms with Crippen molar-refractivity contribution in [2.24, 2.45) is 0 Å². The molecule has 0 spiro atoms. The SMILES string of the molecule is O.O=c1ccc2cc(O[C@@H]3OC(CO)[C@@H](O)C(O)[C@@H]3O)c(O)cc2o1. The third-order valence-electron chi connectivity index (χ3n) is 3.79. The summed E-state index contributed by atoms with van der Waals surface area (Å²) in [6, 6.07) is 5.17. The van der Waals surface area contributed by atoms with Crippen molar-refractivity contribution in [1.29, 1.82) is 0 Å². The molecular formula is C15H18O10. The predicted molar refractivity (Wildman–Crippen MR) is 82.2 cm³/mol. The number of aliphatic hydroxyl groups is 4. The lowest BCUT2D eigenvalue weighted by Crippen LogP contribution is -2.60. The fourth-order valence-corrected chi connectivity index (χ4v) is 2.47. The molecule has 5 atom stereocenters. The molecule has 0 amide bonds. The molecule has 2 unspecified atom stereocenters. The van der Waals surface area contributed by atoms with Crippen LogP contribution < -0.4 is 10.4 Å². The first-order valence-corrected chi connectivity index (χ1v) is 7.15. The maximum absolute atomic E-state index is 11.2. The maximum Gasteiger partial charge on any atom is 0.336 e. The molecule has 1 fully saturated rings. The Labute approximate surface area is 140 Å². The van der Waals surface area contributed by atoms with Gasteiger partial charge >= 0.3 is 5.63 Å². The van der Waals surface area contributed by atoms with Crippen LogP contribution in [-0.2, 0) is 4.74 Å². The molecule has 138 valence electrons. The molecule has 1 aliphatic rings. The number of fused-ring (bicyclic) bond motifs is 1. The summed E-state index contributed by atoms with van der Waals surface area (Å²) in [5.41, 5.74) is -0.439. The van der Waals surface area contributed by atoms with Gasteiger partial charge < -0.3 is 44.9 Å². The fourth-order valence-electron chi connectivity index (χ4n) is 2.47. The minimum atomic E-state index is -1.60. The highest BCUT2D eigenvalue weighted by atomic mass is 16.7. The van der Waals surface area contributed by atoms with Gasteiger partial charge in [0.05, 0.1) is 6.61 Å². The minimum Gasteiger partial charge on any atom is -0.504 e. The zero-order chi connectivity index (χ0) is 17.4. The van der Waals surface area contributed by atoms with Crippen LogP contribution in [0.3, 0.4) is 0 Å². The largest absolute Gasteiger partial charge is 0.504 e. The molecule has 1 aromatic heterocycles. The molecular weight excluding hydrogens is 340 g/mol. The highest BCUT2D eigenvalue weighted by molar-refractivity contribution is 5.80. The molecule has 0 bridgehead atoms. The molecule has 7 N–H and O–H groups in total. The van der Waals surface area contributed by atoms with E-state index in [0.29, 0.717) is 5.39 Å². The summed E-state index contributed by atoms with van der Waals surface area (Å²) < 4.78 is 15.5. The normalized spacial score (nSPS) is 29.2. The second-order valence-electron chi connectivity index (χ2n) is 5.43. The lowest BCUT2D eigenvalue weighted by atomic mass is 9.99. The van der Waals surface area contributed by atoms with Gasteiger partial charge in [0.1, 0.15) is 30.0 Å². The molecule has 0 radical (unpaired) electrons. The van der Waals surface area contributed by atoms with Crippen LogP contribution in [0.5, 0.6) is 11.5 Å². The van der Waals surface area contributed by atoms with Crippen molar-refractivity contribution >= 4 is 11.0 Å². The van der Waals surface area contributed by atoms with E-state index in [0.717, 1.165) is 6.07 Å². The Balaban J connectivity index is 0.00000225. The zero-order valence-electron chi connectivity index (χ0n) is 12.8. The summed E-state index contributed by atoms with van der Waals surface area (Å²) in [5.74, 6) is -0.477. The number of ether oxygens (including phenoxy) is 2. The van der Waals surface area contributed by atoms with E-state index in [-0.39, 0.29) is 22.6 Å². The summed E-state index contributed by atoms with van der Waals surface area (Å²) in [7, 11) is 0. The third-order valence-corrected chi connectivity index (χ3v) is 3.79. The van der Waals surface area contributed by atoms with Crippen LogP contribution in [0.25, 0.3) is 11.0 Å². The van der Waals surface area contributed by atoms with E-state index >= 15 is 0 Å². The monoisotopic (exact) mass is 358 g/mol. The van der Waals surface area contributed by atoms with E-state index in [4.69, 9.17) is 19.0 Å². The Morgan fingerprint density at radius 3 is 2.48 bits per heavy atom. The van der Waals surface area contributed by atoms with Crippen molar-refractivity contribution in [2.45, 2.75) is 30.7 Å². The van der Waals surface area contributed by atoms with Crippen LogP contribution in [0.2, 0.25) is 0 Å². The van der Waals surface area contributed by atoms with Crippen molar-refractivity contribution in [3.63, 3.8) is 0 Å². The fraction of sp³-hybridized carbons (Fsp3) is 0.400. The van der Waals surface area contributed by atoms with Crippen LogP contribution in [-0.4, -0.2) is 68.3 Å². The highest BCUT2D eigenvalue weighted by Crippen LogP contribution is 2.33. The van der Waals surface area contributed by atoms with Gasteiger partial charge in [-0.15, -0.1) is 0 Å². The lowest BCUT2D eigenvalue weighted by Gasteiger charge is -2.39. The molecule has 3 rings (SSSR count). The Morgan fingerprint density at radius 2 is 1.80 bits per heavy atom. The van der Waals surface area contributed by atoms with E-state index in [1.165, 1.54) is 18.2 Å². The number of hydrogen-bond donors (Lipinski definition) is 5. The maximum atomic E-state index is 11.2. The van der Waals surface area contributed by atoms with Crippen LogP contribution >= 0.6 is 0 Å². The van der Waals surface area contributed by atoms with Gasteiger partial charge in [-0.2, -0.15) is 0 Å². The van der Waals surface area contributed by atoms with Crippen molar-refractivity contribution in [3.05, 3.63) is 34.7 Å². The van der Waals surface area contributed by atoms with Gasteiger partial charge in [-0.25, -0.2) is 4.79 Å². The summed E-state index contributed by atoms with van der Waals surface area (Å²) >= 11 is 0. The van der Waals surface area contributed by atoms with Gasteiger partial charge in [-0.3, -0.25) is 0 Å². The molecule has 25 heavy (non-hydrogen) atoms. The quantitative estimate of drug-likeness (QED) is 0.382. The van der Waals surface area contributed by atoms with Gasteiger partial charge in [0.2, 0.25) is 6.29 Å². The van der Waals surface area contributed by atoms with Crippen molar-refractivity contribution in [3.8, 4) is 11.5 Å². The van der Waals surface area contributed by atoms with Crippen LogP contribution in [0.4, 0.5) is 0 Å². The number of rotatable bonds is 3. The van der Waals surface area contributed by atoms with Crippen molar-refractivity contribution in [2.75, 3.05) is 6.61 Å². The number of benzene rings is 1. The smallest absolute Gasteiger partial charge is 0.336 e. The molecule has 2 heterocycles. The molecule has 1 aromatic carbocycles. The highest BCUT2D eigenvalue weighted by Gasteiger charge is 2.44. The Hall–Kier alpha value is -2.21. The van der Waals surface area contributed by atoms with Crippen molar-refractivity contribution < 1.29 is 44.9 Å². The minimum absolute atomic E-state index is 0. The zero-order valence-corrected chi connectivity index (χ0v) is 12.8. The molecule has 0 saturated carbocycles. The number of aromatic hydroxyl groups is 1. The average molecular weight is 358 g/mol. The molecule has 0 aliphatic carbocycles. The molecule has 10 heteroatoms. The summed E-state index contributed by atoms with van der Waals surface area (Å²) in [4.78, 5) is 11.2. The summed E-state index contributed by atoms with van der Waals surface area (Å²) in [6.45, 7) is -0.598. The first-order chi connectivity index (χ1) is 11.4. The Bertz CT molecular complexity index is 785. The van der Waals surface area contributed by atoms with Crippen LogP contribution in [0, 0.1) is 0 Å². The second kappa shape index (κ2) is 7.35. The molecule has 1 saturated heterocycles. The molecule has 2 aromatic rings. The first kappa shape index (κ1) is 19.1. The van der Waals surface area contributed by atoms with Gasteiger partial charge in [-0.05, 0) is 12.1 Å². The van der Waals surface area contributed by atoms with Crippen LogP contribution in [0.15, 0.2) is 33.5 Å². The average Bonchev–Trinajstić information content (AvgIpc) is 2.56. The summed E-state index contributed by atoms with van der Waals surface area (Å²) in [6.07, 6.45) is -7.27. The van der Waals surface area contributed by atoms with Gasteiger partial charge in [0.25, 0.3) is 0 Å². The number of phenolic OH excluding ortho intramolecular Hbond substituents is 1. The van der Waals surface area contributed by atoms with E-state index in [1.54, 1.807) is 0 Å². The molecule has 10 nitrogen and oxygen atoms in total. The van der Waals surface area contributed by atoms with Gasteiger partial charge in [-0.1, -0.05) is 0 Å². The van der Waals surface area contributed by atoms with E-state index in [9.17, 15) is 25.2 Å². The molecule has 1 aliphatic heterocycles. The van der Waals surface area contributed by atoms with E-state index in [2.05, 4.69) is 0 Å². The Morgan fingerprint density at radius 1 is 1.08 bits per heavy atom. The third kappa shape index (κ3) is 3.58. The van der Waals surface area contributed by atoms with E-state index < -0.39 is 42.9 Å². The van der Waals surface area contributed by atoms with E-state index in [1.807, 2.05) is 0 Å². The summed E-state index contributed by atoms with van der Waals surface area (Å²) in [5, 5.41) is 49.0. The Kier molecular flexibility index (Phi) is 5.62. The topological polar surface area (TPSA) is 181 Å². The number of aliphatic hydroxyl groups excluding tert-OH is 4. The second-order valence-corrected chi connectivity index (χ2v) is 5.43. The standard InChI is InChI=1S/C15H16O9.H2O/c16-5-10-12(19)13(20)14(21)15(24-10)23-9-3-6-1-2-11(18)22-8(6)4-7(9)17;/h1-4,10,12-17,19-21H,5H2;1H2/t10?,12-,13?,14+,15-;/m1./s1. The van der Waals surface area contributed by atoms with Gasteiger partial charge in [0.15, 0.2) is 11.5 Å². The lowest BCUT2D eigenvalue weighted by molar-refractivity contribution is -0.277. The van der Waals surface area contributed by atoms with Crippen LogP contribution in [0.1, 0.15) is 0 Å². The number of phenols is 1.